The number of nitrogens with one attached hydrogen (secondary N) is 1. The number of benzene rings is 2. The van der Waals surface area contributed by atoms with Gasteiger partial charge in [-0.05, 0) is 48.7 Å². The number of aliphatic hydroxyl groups excluding tert-OH is 1. The molecule has 1 atom stereocenters. The lowest BCUT2D eigenvalue weighted by Crippen LogP contribution is -2.35. The summed E-state index contributed by atoms with van der Waals surface area (Å²) in [6, 6.07) is 15.7. The molecule has 2 N–H and O–H groups in total. The summed E-state index contributed by atoms with van der Waals surface area (Å²) in [5.74, 6) is 0.638. The van der Waals surface area contributed by atoms with Crippen molar-refractivity contribution in [2.45, 2.75) is 26.0 Å². The first kappa shape index (κ1) is 17.3. The van der Waals surface area contributed by atoms with Crippen LogP contribution in [-0.4, -0.2) is 41.7 Å². The molecule has 0 bridgehead atoms. The number of amides is 1. The summed E-state index contributed by atoms with van der Waals surface area (Å²) in [5, 5.41) is 12.5. The smallest absolute Gasteiger partial charge is 0.260 e. The van der Waals surface area contributed by atoms with E-state index in [4.69, 9.17) is 9.84 Å². The van der Waals surface area contributed by atoms with Crippen molar-refractivity contribution in [1.29, 1.82) is 0 Å². The third kappa shape index (κ3) is 4.73. The number of likely N-dealkylation sites (tertiary alicyclic amines) is 1. The van der Waals surface area contributed by atoms with E-state index in [2.05, 4.69) is 30.4 Å². The standard InChI is InChI=1S/C20H24N2O3/c1-15-3-2-4-17(11-15)21-18-9-10-22(12-18)20(24)14-25-19-7-5-16(13-23)6-8-19/h2-8,11,18,21,23H,9-10,12-14H2,1H3. The van der Waals surface area contributed by atoms with E-state index in [0.717, 1.165) is 24.2 Å². The predicted molar refractivity (Wildman–Crippen MR) is 97.6 cm³/mol. The summed E-state index contributed by atoms with van der Waals surface area (Å²) in [6.07, 6.45) is 0.935. The lowest BCUT2D eigenvalue weighted by molar-refractivity contribution is -0.132. The van der Waals surface area contributed by atoms with Gasteiger partial charge in [0.25, 0.3) is 5.91 Å². The molecule has 1 heterocycles. The van der Waals surface area contributed by atoms with Gasteiger partial charge in [-0.1, -0.05) is 24.3 Å². The van der Waals surface area contributed by atoms with Crippen molar-refractivity contribution < 1.29 is 14.6 Å². The molecule has 25 heavy (non-hydrogen) atoms. The number of hydrogen-bond donors (Lipinski definition) is 2. The molecule has 5 heteroatoms. The average Bonchev–Trinajstić information content (AvgIpc) is 3.08. The van der Waals surface area contributed by atoms with Crippen LogP contribution in [0.1, 0.15) is 17.5 Å². The van der Waals surface area contributed by atoms with Crippen molar-refractivity contribution in [2.75, 3.05) is 25.0 Å². The van der Waals surface area contributed by atoms with Crippen LogP contribution in [0.3, 0.4) is 0 Å². The summed E-state index contributed by atoms with van der Waals surface area (Å²) in [5.41, 5.74) is 3.14. The van der Waals surface area contributed by atoms with Crippen molar-refractivity contribution in [2.24, 2.45) is 0 Å². The number of rotatable bonds is 6. The number of aryl methyl sites for hydroxylation is 1. The lowest BCUT2D eigenvalue weighted by atomic mass is 10.2. The van der Waals surface area contributed by atoms with Gasteiger partial charge in [-0.25, -0.2) is 0 Å². The van der Waals surface area contributed by atoms with E-state index in [0.29, 0.717) is 12.3 Å². The Balaban J connectivity index is 1.47. The summed E-state index contributed by atoms with van der Waals surface area (Å²) in [4.78, 5) is 14.2. The Bertz CT molecular complexity index is 715. The maximum absolute atomic E-state index is 12.3. The molecule has 132 valence electrons. The van der Waals surface area contributed by atoms with Gasteiger partial charge in [0.1, 0.15) is 5.75 Å². The molecule has 1 aliphatic rings. The molecular weight excluding hydrogens is 316 g/mol. The summed E-state index contributed by atoms with van der Waals surface area (Å²) >= 11 is 0. The third-order valence-electron chi connectivity index (χ3n) is 4.40. The molecule has 1 unspecified atom stereocenters. The Labute approximate surface area is 148 Å². The molecule has 2 aromatic carbocycles. The summed E-state index contributed by atoms with van der Waals surface area (Å²) in [7, 11) is 0. The van der Waals surface area contributed by atoms with E-state index >= 15 is 0 Å². The average molecular weight is 340 g/mol. The SMILES string of the molecule is Cc1cccc(NC2CCN(C(=O)COc3ccc(CO)cc3)C2)c1. The minimum Gasteiger partial charge on any atom is -0.484 e. The zero-order chi connectivity index (χ0) is 17.6. The van der Waals surface area contributed by atoms with Crippen molar-refractivity contribution in [3.8, 4) is 5.75 Å². The molecule has 0 radical (unpaired) electrons. The molecule has 0 aliphatic carbocycles. The fourth-order valence-electron chi connectivity index (χ4n) is 3.00. The Morgan fingerprint density at radius 2 is 2.08 bits per heavy atom. The number of anilines is 1. The molecule has 1 amide bonds. The van der Waals surface area contributed by atoms with Crippen LogP contribution in [0.4, 0.5) is 5.69 Å². The number of carbonyl (C=O) groups excluding carboxylic acids is 1. The molecule has 3 rings (SSSR count). The quantitative estimate of drug-likeness (QED) is 0.848. The van der Waals surface area contributed by atoms with Crippen LogP contribution in [0.5, 0.6) is 5.75 Å². The third-order valence-corrected chi connectivity index (χ3v) is 4.40. The Morgan fingerprint density at radius 1 is 1.28 bits per heavy atom. The van der Waals surface area contributed by atoms with Gasteiger partial charge in [-0.15, -0.1) is 0 Å². The predicted octanol–water partition coefficient (Wildman–Crippen LogP) is 2.58. The van der Waals surface area contributed by atoms with Gasteiger partial charge in [-0.2, -0.15) is 0 Å². The van der Waals surface area contributed by atoms with Gasteiger partial charge in [0.05, 0.1) is 6.61 Å². The van der Waals surface area contributed by atoms with Crippen molar-refractivity contribution >= 4 is 11.6 Å². The molecule has 1 saturated heterocycles. The van der Waals surface area contributed by atoms with Gasteiger partial charge in [0, 0.05) is 24.8 Å². The van der Waals surface area contributed by atoms with Crippen molar-refractivity contribution in [1.82, 2.24) is 4.90 Å². The van der Waals surface area contributed by atoms with Gasteiger partial charge < -0.3 is 20.1 Å². The molecule has 0 saturated carbocycles. The zero-order valence-electron chi connectivity index (χ0n) is 14.4. The largest absolute Gasteiger partial charge is 0.484 e. The topological polar surface area (TPSA) is 61.8 Å². The number of carbonyl (C=O) groups is 1. The monoisotopic (exact) mass is 340 g/mol. The fraction of sp³-hybridized carbons (Fsp3) is 0.350. The van der Waals surface area contributed by atoms with Crippen LogP contribution < -0.4 is 10.1 Å². The zero-order valence-corrected chi connectivity index (χ0v) is 14.4. The van der Waals surface area contributed by atoms with E-state index in [-0.39, 0.29) is 25.2 Å². The van der Waals surface area contributed by atoms with Gasteiger partial charge in [0.15, 0.2) is 6.61 Å². The van der Waals surface area contributed by atoms with Crippen molar-refractivity contribution in [3.05, 3.63) is 59.7 Å². The number of hydrogen-bond acceptors (Lipinski definition) is 4. The molecule has 0 aromatic heterocycles. The van der Waals surface area contributed by atoms with Crippen LogP contribution in [0.25, 0.3) is 0 Å². The van der Waals surface area contributed by atoms with Crippen LogP contribution in [0.15, 0.2) is 48.5 Å². The highest BCUT2D eigenvalue weighted by atomic mass is 16.5. The maximum Gasteiger partial charge on any atom is 0.260 e. The molecule has 1 aliphatic heterocycles. The minimum absolute atomic E-state index is 0.000207. The van der Waals surface area contributed by atoms with E-state index in [1.807, 2.05) is 11.0 Å². The molecular formula is C20H24N2O3. The first-order valence-electron chi connectivity index (χ1n) is 8.57. The second kappa shape index (κ2) is 8.03. The normalized spacial score (nSPS) is 16.7. The highest BCUT2D eigenvalue weighted by Crippen LogP contribution is 2.18. The molecule has 1 fully saturated rings. The van der Waals surface area contributed by atoms with Gasteiger partial charge >= 0.3 is 0 Å². The van der Waals surface area contributed by atoms with E-state index in [9.17, 15) is 4.79 Å². The van der Waals surface area contributed by atoms with Crippen LogP contribution in [0, 0.1) is 6.92 Å². The highest BCUT2D eigenvalue weighted by Gasteiger charge is 2.26. The van der Waals surface area contributed by atoms with E-state index in [1.54, 1.807) is 24.3 Å². The second-order valence-corrected chi connectivity index (χ2v) is 6.43. The molecule has 2 aromatic rings. The Kier molecular flexibility index (Phi) is 5.56. The van der Waals surface area contributed by atoms with Gasteiger partial charge in [0.2, 0.25) is 0 Å². The minimum atomic E-state index is -0.000207. The number of nitrogens with zero attached hydrogens (tertiary/aromatic N) is 1. The lowest BCUT2D eigenvalue weighted by Gasteiger charge is -2.18. The van der Waals surface area contributed by atoms with Crippen molar-refractivity contribution in [3.63, 3.8) is 0 Å². The number of aliphatic hydroxyl groups is 1. The summed E-state index contributed by atoms with van der Waals surface area (Å²) in [6.45, 7) is 3.55. The van der Waals surface area contributed by atoms with Crippen LogP contribution in [-0.2, 0) is 11.4 Å². The summed E-state index contributed by atoms with van der Waals surface area (Å²) < 4.78 is 5.56. The van der Waals surface area contributed by atoms with E-state index in [1.165, 1.54) is 5.56 Å². The Hall–Kier alpha value is -2.53. The van der Waals surface area contributed by atoms with Gasteiger partial charge in [-0.3, -0.25) is 4.79 Å². The molecule has 5 nitrogen and oxygen atoms in total. The first-order valence-corrected chi connectivity index (χ1v) is 8.57. The van der Waals surface area contributed by atoms with Crippen LogP contribution in [0.2, 0.25) is 0 Å². The Morgan fingerprint density at radius 3 is 2.80 bits per heavy atom. The highest BCUT2D eigenvalue weighted by molar-refractivity contribution is 5.78. The maximum atomic E-state index is 12.3. The van der Waals surface area contributed by atoms with E-state index < -0.39 is 0 Å². The second-order valence-electron chi connectivity index (χ2n) is 6.43. The molecule has 0 spiro atoms. The number of ether oxygens (including phenoxy) is 1. The van der Waals surface area contributed by atoms with Crippen LogP contribution >= 0.6 is 0 Å². The fourth-order valence-corrected chi connectivity index (χ4v) is 3.00. The first-order chi connectivity index (χ1) is 12.1.